The number of methoxy groups -OCH3 is 1. The van der Waals surface area contributed by atoms with E-state index >= 15 is 0 Å². The molecule has 2 heterocycles. The third kappa shape index (κ3) is 5.81. The van der Waals surface area contributed by atoms with Crippen LogP contribution in [0, 0.1) is 0 Å². The lowest BCUT2D eigenvalue weighted by Crippen LogP contribution is -2.57. The molecule has 0 aromatic heterocycles. The molecular formula is C23H37N5O3. The van der Waals surface area contributed by atoms with Gasteiger partial charge in [-0.15, -0.1) is 0 Å². The Labute approximate surface area is 186 Å². The summed E-state index contributed by atoms with van der Waals surface area (Å²) in [5.74, 6) is 2.65. The van der Waals surface area contributed by atoms with Gasteiger partial charge in [0.1, 0.15) is 0 Å². The molecular weight excluding hydrogens is 394 g/mol. The fourth-order valence-corrected chi connectivity index (χ4v) is 4.29. The van der Waals surface area contributed by atoms with Crippen LogP contribution in [0.25, 0.3) is 0 Å². The largest absolute Gasteiger partial charge is 0.493 e. The summed E-state index contributed by atoms with van der Waals surface area (Å²) in [5, 5.41) is 3.46. The van der Waals surface area contributed by atoms with Gasteiger partial charge in [0.15, 0.2) is 17.5 Å². The van der Waals surface area contributed by atoms with Crippen molar-refractivity contribution in [3.63, 3.8) is 0 Å². The van der Waals surface area contributed by atoms with Gasteiger partial charge in [-0.1, -0.05) is 6.07 Å². The number of piperazine rings is 1. The van der Waals surface area contributed by atoms with E-state index in [1.807, 2.05) is 44.0 Å². The van der Waals surface area contributed by atoms with Gasteiger partial charge in [-0.2, -0.15) is 0 Å². The van der Waals surface area contributed by atoms with E-state index in [1.165, 1.54) is 0 Å². The third-order valence-corrected chi connectivity index (χ3v) is 6.13. The highest BCUT2D eigenvalue weighted by Gasteiger charge is 2.30. The maximum atomic E-state index is 12.7. The van der Waals surface area contributed by atoms with E-state index in [0.717, 1.165) is 75.1 Å². The zero-order valence-electron chi connectivity index (χ0n) is 19.4. The molecule has 2 aliphatic rings. The van der Waals surface area contributed by atoms with Crippen LogP contribution in [0.3, 0.4) is 0 Å². The van der Waals surface area contributed by atoms with Crippen molar-refractivity contribution in [2.24, 2.45) is 4.99 Å². The summed E-state index contributed by atoms with van der Waals surface area (Å²) >= 11 is 0. The summed E-state index contributed by atoms with van der Waals surface area (Å²) in [6.45, 7) is 10.5. The number of carbonyl (C=O) groups excluding carboxylic acids is 1. The molecule has 1 amide bonds. The number of benzene rings is 1. The van der Waals surface area contributed by atoms with Crippen molar-refractivity contribution in [1.29, 1.82) is 0 Å². The highest BCUT2D eigenvalue weighted by Crippen LogP contribution is 2.28. The fraction of sp³-hybridized carbons (Fsp3) is 0.652. The Morgan fingerprint density at radius 1 is 1.10 bits per heavy atom. The number of guanidine groups is 1. The first-order chi connectivity index (χ1) is 15.1. The van der Waals surface area contributed by atoms with Gasteiger partial charge < -0.3 is 24.6 Å². The Hall–Kier alpha value is -2.48. The molecule has 2 fully saturated rings. The van der Waals surface area contributed by atoms with Gasteiger partial charge in [-0.3, -0.25) is 14.7 Å². The van der Waals surface area contributed by atoms with E-state index < -0.39 is 0 Å². The molecule has 1 aromatic rings. The summed E-state index contributed by atoms with van der Waals surface area (Å²) in [7, 11) is 3.46. The van der Waals surface area contributed by atoms with Crippen molar-refractivity contribution < 1.29 is 14.3 Å². The van der Waals surface area contributed by atoms with Gasteiger partial charge in [0.2, 0.25) is 5.91 Å². The van der Waals surface area contributed by atoms with Crippen LogP contribution in [0.4, 0.5) is 0 Å². The molecule has 8 heteroatoms. The van der Waals surface area contributed by atoms with Gasteiger partial charge in [0.05, 0.1) is 19.8 Å². The number of carbonyl (C=O) groups is 1. The Balaban J connectivity index is 1.51. The second-order valence-corrected chi connectivity index (χ2v) is 8.05. The van der Waals surface area contributed by atoms with Crippen molar-refractivity contribution in [2.45, 2.75) is 39.3 Å². The third-order valence-electron chi connectivity index (χ3n) is 6.13. The topological polar surface area (TPSA) is 69.6 Å². The van der Waals surface area contributed by atoms with E-state index in [0.29, 0.717) is 13.2 Å². The van der Waals surface area contributed by atoms with E-state index in [4.69, 9.17) is 9.47 Å². The predicted molar refractivity (Wildman–Crippen MR) is 123 cm³/mol. The zero-order chi connectivity index (χ0) is 22.2. The average molecular weight is 432 g/mol. The second kappa shape index (κ2) is 11.2. The molecule has 3 rings (SSSR count). The quantitative estimate of drug-likeness (QED) is 0.524. The smallest absolute Gasteiger partial charge is 0.239 e. The van der Waals surface area contributed by atoms with Gasteiger partial charge in [-0.05, 0) is 44.4 Å². The average Bonchev–Trinajstić information content (AvgIpc) is 3.34. The SMILES string of the molecule is CCOc1cc(CNC(=NC)N2CCN(C(C)C(=O)N3CCCC3)CC2)ccc1OC. The normalized spacial score (nSPS) is 18.8. The minimum absolute atomic E-state index is 0.0495. The maximum absolute atomic E-state index is 12.7. The Bertz CT molecular complexity index is 756. The van der Waals surface area contributed by atoms with Crippen LogP contribution in [0.5, 0.6) is 11.5 Å². The maximum Gasteiger partial charge on any atom is 0.239 e. The number of ether oxygens (including phenoxy) is 2. The molecule has 31 heavy (non-hydrogen) atoms. The van der Waals surface area contributed by atoms with Crippen LogP contribution < -0.4 is 14.8 Å². The van der Waals surface area contributed by atoms with Crippen LogP contribution in [-0.4, -0.2) is 92.6 Å². The lowest BCUT2D eigenvalue weighted by molar-refractivity contribution is -0.135. The standard InChI is InChI=1S/C23H37N5O3/c1-5-31-21-16-19(8-9-20(21)30-4)17-25-23(24-3)28-14-12-26(13-15-28)18(2)22(29)27-10-6-7-11-27/h8-9,16,18H,5-7,10-15,17H2,1-4H3,(H,24,25). The number of aliphatic imine (C=N–C) groups is 1. The van der Waals surface area contributed by atoms with Crippen LogP contribution in [0.2, 0.25) is 0 Å². The van der Waals surface area contributed by atoms with Crippen molar-refractivity contribution in [1.82, 2.24) is 20.0 Å². The van der Waals surface area contributed by atoms with E-state index in [-0.39, 0.29) is 11.9 Å². The van der Waals surface area contributed by atoms with Crippen molar-refractivity contribution in [3.8, 4) is 11.5 Å². The van der Waals surface area contributed by atoms with Crippen LogP contribution in [0.1, 0.15) is 32.3 Å². The summed E-state index contributed by atoms with van der Waals surface area (Å²) < 4.78 is 11.0. The minimum atomic E-state index is -0.0495. The van der Waals surface area contributed by atoms with Crippen LogP contribution >= 0.6 is 0 Å². The minimum Gasteiger partial charge on any atom is -0.493 e. The summed E-state index contributed by atoms with van der Waals surface area (Å²) in [6, 6.07) is 5.92. The monoisotopic (exact) mass is 431 g/mol. The van der Waals surface area contributed by atoms with Gasteiger partial charge >= 0.3 is 0 Å². The summed E-state index contributed by atoms with van der Waals surface area (Å²) in [4.78, 5) is 23.8. The number of hydrogen-bond donors (Lipinski definition) is 1. The Morgan fingerprint density at radius 2 is 1.81 bits per heavy atom. The molecule has 1 atom stereocenters. The first-order valence-corrected chi connectivity index (χ1v) is 11.4. The molecule has 0 bridgehead atoms. The number of likely N-dealkylation sites (tertiary alicyclic amines) is 1. The van der Waals surface area contributed by atoms with E-state index in [2.05, 4.69) is 20.1 Å². The number of nitrogens with zero attached hydrogens (tertiary/aromatic N) is 4. The molecule has 0 saturated carbocycles. The van der Waals surface area contributed by atoms with Crippen LogP contribution in [-0.2, 0) is 11.3 Å². The molecule has 0 radical (unpaired) electrons. The lowest BCUT2D eigenvalue weighted by Gasteiger charge is -2.39. The lowest BCUT2D eigenvalue weighted by atomic mass is 10.2. The van der Waals surface area contributed by atoms with E-state index in [9.17, 15) is 4.79 Å². The fourth-order valence-electron chi connectivity index (χ4n) is 4.29. The number of rotatable bonds is 7. The molecule has 1 aromatic carbocycles. The Kier molecular flexibility index (Phi) is 8.40. The van der Waals surface area contributed by atoms with E-state index in [1.54, 1.807) is 7.11 Å². The first-order valence-electron chi connectivity index (χ1n) is 11.4. The van der Waals surface area contributed by atoms with Gasteiger partial charge in [0, 0.05) is 52.9 Å². The van der Waals surface area contributed by atoms with Crippen molar-refractivity contribution in [2.75, 3.05) is 60.0 Å². The molecule has 0 aliphatic carbocycles. The summed E-state index contributed by atoms with van der Waals surface area (Å²) in [5.41, 5.74) is 1.11. The molecule has 8 nitrogen and oxygen atoms in total. The number of nitrogens with one attached hydrogen (secondary N) is 1. The Morgan fingerprint density at radius 3 is 2.42 bits per heavy atom. The highest BCUT2D eigenvalue weighted by molar-refractivity contribution is 5.82. The number of amides is 1. The molecule has 2 aliphatic heterocycles. The highest BCUT2D eigenvalue weighted by atomic mass is 16.5. The molecule has 2 saturated heterocycles. The number of hydrogen-bond acceptors (Lipinski definition) is 5. The summed E-state index contributed by atoms with van der Waals surface area (Å²) in [6.07, 6.45) is 2.27. The van der Waals surface area contributed by atoms with Crippen molar-refractivity contribution in [3.05, 3.63) is 23.8 Å². The molecule has 1 unspecified atom stereocenters. The second-order valence-electron chi connectivity index (χ2n) is 8.05. The van der Waals surface area contributed by atoms with Crippen LogP contribution in [0.15, 0.2) is 23.2 Å². The van der Waals surface area contributed by atoms with Gasteiger partial charge in [0.25, 0.3) is 0 Å². The van der Waals surface area contributed by atoms with Crippen molar-refractivity contribution >= 4 is 11.9 Å². The molecule has 0 spiro atoms. The predicted octanol–water partition coefficient (Wildman–Crippen LogP) is 1.80. The molecule has 1 N–H and O–H groups in total. The zero-order valence-corrected chi connectivity index (χ0v) is 19.4. The molecule has 172 valence electrons. The first kappa shape index (κ1) is 23.2. The van der Waals surface area contributed by atoms with Gasteiger partial charge in [-0.25, -0.2) is 0 Å².